The van der Waals surface area contributed by atoms with Crippen molar-refractivity contribution in [3.63, 3.8) is 0 Å². The molecule has 5 heteroatoms. The zero-order valence-electron chi connectivity index (χ0n) is 12.9. The number of hydrogen-bond donors (Lipinski definition) is 1. The van der Waals surface area contributed by atoms with Gasteiger partial charge in [0, 0.05) is 25.6 Å². The van der Waals surface area contributed by atoms with E-state index in [0.717, 1.165) is 6.54 Å². The number of methoxy groups -OCH3 is 1. The van der Waals surface area contributed by atoms with Crippen LogP contribution in [0.4, 0.5) is 0 Å². The first-order valence-corrected chi connectivity index (χ1v) is 6.98. The summed E-state index contributed by atoms with van der Waals surface area (Å²) < 4.78 is 4.62. The summed E-state index contributed by atoms with van der Waals surface area (Å²) in [6.45, 7) is 10.1. The van der Waals surface area contributed by atoms with E-state index < -0.39 is 0 Å². The average Bonchev–Trinajstić information content (AvgIpc) is 2.33. The van der Waals surface area contributed by atoms with E-state index in [-0.39, 0.29) is 24.3 Å². The van der Waals surface area contributed by atoms with E-state index >= 15 is 0 Å². The number of rotatable bonds is 9. The quantitative estimate of drug-likeness (QED) is 0.645. The van der Waals surface area contributed by atoms with Crippen LogP contribution in [0, 0.1) is 5.92 Å². The molecule has 0 heterocycles. The average molecular weight is 272 g/mol. The predicted molar refractivity (Wildman–Crippen MR) is 75.8 cm³/mol. The predicted octanol–water partition coefficient (Wildman–Crippen LogP) is 1.42. The van der Waals surface area contributed by atoms with Crippen LogP contribution in [-0.4, -0.2) is 49.6 Å². The fourth-order valence-electron chi connectivity index (χ4n) is 1.90. The number of hydrogen-bond acceptors (Lipinski definition) is 4. The van der Waals surface area contributed by atoms with E-state index in [0.29, 0.717) is 25.4 Å². The molecule has 0 radical (unpaired) electrons. The standard InChI is InChI=1S/C14H28N2O3/c1-6-15-12(4)9-13(17)16(10-11(2)3)8-7-14(18)19-5/h11-12,15H,6-10H2,1-5H3. The third-order valence-corrected chi connectivity index (χ3v) is 2.79. The normalized spacial score (nSPS) is 12.3. The minimum absolute atomic E-state index is 0.0889. The second-order valence-electron chi connectivity index (χ2n) is 5.22. The molecule has 0 bridgehead atoms. The zero-order valence-corrected chi connectivity index (χ0v) is 12.9. The summed E-state index contributed by atoms with van der Waals surface area (Å²) in [5, 5.41) is 3.22. The maximum absolute atomic E-state index is 12.2. The Balaban J connectivity index is 4.38. The number of nitrogens with zero attached hydrogens (tertiary/aromatic N) is 1. The highest BCUT2D eigenvalue weighted by molar-refractivity contribution is 5.77. The number of nitrogens with one attached hydrogen (secondary N) is 1. The van der Waals surface area contributed by atoms with Crippen molar-refractivity contribution in [2.24, 2.45) is 5.92 Å². The Hall–Kier alpha value is -1.10. The van der Waals surface area contributed by atoms with Crippen molar-refractivity contribution in [2.75, 3.05) is 26.7 Å². The molecule has 0 aliphatic rings. The highest BCUT2D eigenvalue weighted by atomic mass is 16.5. The summed E-state index contributed by atoms with van der Waals surface area (Å²) in [6.07, 6.45) is 0.715. The second-order valence-corrected chi connectivity index (χ2v) is 5.22. The molecule has 1 N–H and O–H groups in total. The highest BCUT2D eigenvalue weighted by Crippen LogP contribution is 2.05. The summed E-state index contributed by atoms with van der Waals surface area (Å²) in [5.74, 6) is 0.198. The molecule has 5 nitrogen and oxygen atoms in total. The highest BCUT2D eigenvalue weighted by Gasteiger charge is 2.18. The number of esters is 1. The van der Waals surface area contributed by atoms with Crippen molar-refractivity contribution in [3.05, 3.63) is 0 Å². The van der Waals surface area contributed by atoms with Gasteiger partial charge in [0.2, 0.25) is 5.91 Å². The fraction of sp³-hybridized carbons (Fsp3) is 0.857. The van der Waals surface area contributed by atoms with Gasteiger partial charge in [0.1, 0.15) is 0 Å². The molecular formula is C14H28N2O3. The molecule has 0 aromatic carbocycles. The Morgan fingerprint density at radius 1 is 1.26 bits per heavy atom. The van der Waals surface area contributed by atoms with Crippen LogP contribution in [0.25, 0.3) is 0 Å². The third-order valence-electron chi connectivity index (χ3n) is 2.79. The minimum Gasteiger partial charge on any atom is -0.469 e. The molecular weight excluding hydrogens is 244 g/mol. The Kier molecular flexibility index (Phi) is 9.21. The van der Waals surface area contributed by atoms with Crippen LogP contribution in [0.15, 0.2) is 0 Å². The Morgan fingerprint density at radius 2 is 1.89 bits per heavy atom. The zero-order chi connectivity index (χ0) is 14.8. The Morgan fingerprint density at radius 3 is 2.37 bits per heavy atom. The van der Waals surface area contributed by atoms with Gasteiger partial charge >= 0.3 is 5.97 Å². The van der Waals surface area contributed by atoms with Gasteiger partial charge in [-0.25, -0.2) is 0 Å². The van der Waals surface area contributed by atoms with Crippen molar-refractivity contribution in [2.45, 2.75) is 46.6 Å². The fourth-order valence-corrected chi connectivity index (χ4v) is 1.90. The van der Waals surface area contributed by atoms with Gasteiger partial charge in [-0.1, -0.05) is 20.8 Å². The summed E-state index contributed by atoms with van der Waals surface area (Å²) in [6, 6.07) is 0.158. The molecule has 0 aliphatic carbocycles. The van der Waals surface area contributed by atoms with E-state index in [4.69, 9.17) is 0 Å². The molecule has 1 amide bonds. The molecule has 1 atom stereocenters. The largest absolute Gasteiger partial charge is 0.469 e. The summed E-state index contributed by atoms with van der Waals surface area (Å²) in [4.78, 5) is 25.1. The molecule has 0 aromatic heterocycles. The topological polar surface area (TPSA) is 58.6 Å². The first kappa shape index (κ1) is 17.9. The third kappa shape index (κ3) is 8.59. The number of carbonyl (C=O) groups is 2. The van der Waals surface area contributed by atoms with Crippen LogP contribution < -0.4 is 5.32 Å². The molecule has 0 aliphatic heterocycles. The number of ether oxygens (including phenoxy) is 1. The van der Waals surface area contributed by atoms with Crippen molar-refractivity contribution in [3.8, 4) is 0 Å². The SMILES string of the molecule is CCNC(C)CC(=O)N(CCC(=O)OC)CC(C)C. The van der Waals surface area contributed by atoms with Crippen LogP contribution in [0.3, 0.4) is 0 Å². The molecule has 0 spiro atoms. The van der Waals surface area contributed by atoms with Crippen molar-refractivity contribution < 1.29 is 14.3 Å². The molecule has 112 valence electrons. The van der Waals surface area contributed by atoms with E-state index in [2.05, 4.69) is 23.9 Å². The Bertz CT molecular complexity index is 280. The van der Waals surface area contributed by atoms with Gasteiger partial charge in [-0.15, -0.1) is 0 Å². The maximum atomic E-state index is 12.2. The lowest BCUT2D eigenvalue weighted by Crippen LogP contribution is -2.40. The van der Waals surface area contributed by atoms with E-state index in [1.165, 1.54) is 7.11 Å². The summed E-state index contributed by atoms with van der Waals surface area (Å²) in [5.41, 5.74) is 0. The first-order valence-electron chi connectivity index (χ1n) is 6.98. The second kappa shape index (κ2) is 9.78. The monoisotopic (exact) mass is 272 g/mol. The van der Waals surface area contributed by atoms with Gasteiger partial charge in [0.05, 0.1) is 13.5 Å². The minimum atomic E-state index is -0.277. The van der Waals surface area contributed by atoms with Gasteiger partial charge in [-0.3, -0.25) is 9.59 Å². The van der Waals surface area contributed by atoms with Gasteiger partial charge < -0.3 is 15.0 Å². The van der Waals surface area contributed by atoms with Crippen molar-refractivity contribution in [1.82, 2.24) is 10.2 Å². The molecule has 0 saturated heterocycles. The number of amides is 1. The molecule has 19 heavy (non-hydrogen) atoms. The molecule has 0 rings (SSSR count). The van der Waals surface area contributed by atoms with Gasteiger partial charge in [0.25, 0.3) is 0 Å². The van der Waals surface area contributed by atoms with Crippen LogP contribution in [0.1, 0.15) is 40.5 Å². The lowest BCUT2D eigenvalue weighted by Gasteiger charge is -2.25. The van der Waals surface area contributed by atoms with E-state index in [9.17, 15) is 9.59 Å². The lowest BCUT2D eigenvalue weighted by atomic mass is 10.1. The first-order chi connectivity index (χ1) is 8.90. The number of carbonyl (C=O) groups excluding carboxylic acids is 2. The molecule has 0 fully saturated rings. The molecule has 0 aromatic rings. The van der Waals surface area contributed by atoms with Crippen molar-refractivity contribution >= 4 is 11.9 Å². The Labute approximate surface area is 116 Å². The summed E-state index contributed by atoms with van der Waals surface area (Å²) in [7, 11) is 1.37. The van der Waals surface area contributed by atoms with Crippen LogP contribution in [0.2, 0.25) is 0 Å². The van der Waals surface area contributed by atoms with Gasteiger partial charge in [-0.2, -0.15) is 0 Å². The van der Waals surface area contributed by atoms with Gasteiger partial charge in [0.15, 0.2) is 0 Å². The van der Waals surface area contributed by atoms with Crippen LogP contribution in [0.5, 0.6) is 0 Å². The maximum Gasteiger partial charge on any atom is 0.307 e. The molecule has 0 saturated carbocycles. The summed E-state index contributed by atoms with van der Waals surface area (Å²) >= 11 is 0. The van der Waals surface area contributed by atoms with E-state index in [1.807, 2.05) is 13.8 Å². The van der Waals surface area contributed by atoms with Gasteiger partial charge in [-0.05, 0) is 19.4 Å². The van der Waals surface area contributed by atoms with E-state index in [1.54, 1.807) is 4.90 Å². The smallest absolute Gasteiger partial charge is 0.307 e. The molecule has 1 unspecified atom stereocenters. The van der Waals surface area contributed by atoms with Crippen LogP contribution in [-0.2, 0) is 14.3 Å². The van der Waals surface area contributed by atoms with Crippen LogP contribution >= 0.6 is 0 Å². The lowest BCUT2D eigenvalue weighted by molar-refractivity contribution is -0.142. The van der Waals surface area contributed by atoms with Crippen molar-refractivity contribution in [1.29, 1.82) is 0 Å².